The summed E-state index contributed by atoms with van der Waals surface area (Å²) in [4.78, 5) is 11.9. The number of halogens is 1. The number of fused-ring (bicyclic) bond motifs is 1. The third-order valence-electron chi connectivity index (χ3n) is 2.29. The molecule has 0 spiro atoms. The molecule has 0 saturated carbocycles. The lowest BCUT2D eigenvalue weighted by Crippen LogP contribution is -2.19. The molecule has 14 heavy (non-hydrogen) atoms. The Kier molecular flexibility index (Phi) is 2.30. The predicted octanol–water partition coefficient (Wildman–Crippen LogP) is 2.67. The lowest BCUT2D eigenvalue weighted by molar-refractivity contribution is 0.736. The monoisotopic (exact) mass is 207 g/mol. The van der Waals surface area contributed by atoms with Gasteiger partial charge in [-0.05, 0) is 24.4 Å². The number of hydrogen-bond acceptors (Lipinski definition) is 1. The van der Waals surface area contributed by atoms with E-state index in [1.54, 1.807) is 4.57 Å². The molecule has 0 aliphatic heterocycles. The summed E-state index contributed by atoms with van der Waals surface area (Å²) in [5.74, 6) is 0. The number of benzene rings is 1. The van der Waals surface area contributed by atoms with Gasteiger partial charge in [0.15, 0.2) is 0 Å². The van der Waals surface area contributed by atoms with E-state index in [0.29, 0.717) is 11.7 Å². The highest BCUT2D eigenvalue weighted by Crippen LogP contribution is 2.15. The van der Waals surface area contributed by atoms with Crippen molar-refractivity contribution < 1.29 is 0 Å². The van der Waals surface area contributed by atoms with E-state index in [-0.39, 0.29) is 5.56 Å². The van der Waals surface area contributed by atoms with Crippen LogP contribution >= 0.6 is 11.6 Å². The van der Waals surface area contributed by atoms with Crippen molar-refractivity contribution in [1.29, 1.82) is 0 Å². The van der Waals surface area contributed by atoms with E-state index >= 15 is 0 Å². The first kappa shape index (κ1) is 9.28. The molecule has 3 heteroatoms. The van der Waals surface area contributed by atoms with Crippen LogP contribution < -0.4 is 5.56 Å². The fourth-order valence-electron chi connectivity index (χ4n) is 1.56. The van der Waals surface area contributed by atoms with E-state index in [0.717, 1.165) is 10.8 Å². The zero-order valence-corrected chi connectivity index (χ0v) is 8.58. The Bertz CT molecular complexity index is 530. The van der Waals surface area contributed by atoms with E-state index in [2.05, 4.69) is 0 Å². The molecule has 0 bridgehead atoms. The first-order valence-electron chi connectivity index (χ1n) is 4.52. The molecule has 2 aromatic rings. The van der Waals surface area contributed by atoms with Gasteiger partial charge in [-0.1, -0.05) is 29.8 Å². The molecule has 2 nitrogen and oxygen atoms in total. The Morgan fingerprint density at radius 3 is 2.79 bits per heavy atom. The van der Waals surface area contributed by atoms with Crippen molar-refractivity contribution in [1.82, 2.24) is 4.57 Å². The van der Waals surface area contributed by atoms with Crippen molar-refractivity contribution >= 4 is 22.4 Å². The average Bonchev–Trinajstić information content (AvgIpc) is 2.18. The third-order valence-corrected chi connectivity index (χ3v) is 2.60. The van der Waals surface area contributed by atoms with Crippen molar-refractivity contribution in [2.75, 3.05) is 0 Å². The molecule has 0 N–H and O–H groups in total. The predicted molar refractivity (Wildman–Crippen MR) is 58.9 cm³/mol. The van der Waals surface area contributed by atoms with Crippen LogP contribution in [0.3, 0.4) is 0 Å². The zero-order valence-electron chi connectivity index (χ0n) is 7.83. The highest BCUT2D eigenvalue weighted by atomic mass is 35.5. The van der Waals surface area contributed by atoms with Crippen molar-refractivity contribution in [2.24, 2.45) is 0 Å². The van der Waals surface area contributed by atoms with Crippen LogP contribution in [0.4, 0.5) is 0 Å². The zero-order chi connectivity index (χ0) is 10.1. The van der Waals surface area contributed by atoms with Gasteiger partial charge in [0.2, 0.25) is 0 Å². The van der Waals surface area contributed by atoms with Crippen LogP contribution in [0.2, 0.25) is 5.15 Å². The van der Waals surface area contributed by atoms with E-state index in [4.69, 9.17) is 11.6 Å². The van der Waals surface area contributed by atoms with Crippen molar-refractivity contribution in [3.05, 3.63) is 45.8 Å². The molecule has 0 aliphatic rings. The van der Waals surface area contributed by atoms with Crippen LogP contribution in [0, 0.1) is 0 Å². The standard InChI is InChI=1S/C11H10ClNO/c1-2-13-10(12)7-8-5-3-4-6-9(8)11(13)14/h3-7H,2H2,1H3. The minimum atomic E-state index is -0.0180. The minimum absolute atomic E-state index is 0.0180. The van der Waals surface area contributed by atoms with Crippen LogP contribution in [-0.4, -0.2) is 4.57 Å². The van der Waals surface area contributed by atoms with Crippen molar-refractivity contribution in [2.45, 2.75) is 13.5 Å². The number of aromatic nitrogens is 1. The van der Waals surface area contributed by atoms with Gasteiger partial charge in [0.25, 0.3) is 5.56 Å². The molecule has 72 valence electrons. The van der Waals surface area contributed by atoms with Gasteiger partial charge in [-0.15, -0.1) is 0 Å². The summed E-state index contributed by atoms with van der Waals surface area (Å²) in [5, 5.41) is 2.11. The van der Waals surface area contributed by atoms with Gasteiger partial charge in [-0.3, -0.25) is 9.36 Å². The Labute approximate surface area is 86.7 Å². The number of pyridine rings is 1. The summed E-state index contributed by atoms with van der Waals surface area (Å²) in [6, 6.07) is 9.29. The van der Waals surface area contributed by atoms with Crippen molar-refractivity contribution in [3.8, 4) is 0 Å². The van der Waals surface area contributed by atoms with Gasteiger partial charge in [0, 0.05) is 11.9 Å². The molecule has 0 aliphatic carbocycles. The van der Waals surface area contributed by atoms with E-state index in [1.807, 2.05) is 37.3 Å². The molecule has 0 unspecified atom stereocenters. The summed E-state index contributed by atoms with van der Waals surface area (Å²) >= 11 is 5.97. The molecule has 0 radical (unpaired) electrons. The quantitative estimate of drug-likeness (QED) is 0.659. The molecule has 0 atom stereocenters. The lowest BCUT2D eigenvalue weighted by Gasteiger charge is -2.06. The van der Waals surface area contributed by atoms with Gasteiger partial charge in [0.05, 0.1) is 0 Å². The smallest absolute Gasteiger partial charge is 0.259 e. The second-order valence-corrected chi connectivity index (χ2v) is 3.49. The largest absolute Gasteiger partial charge is 0.299 e. The molecule has 1 heterocycles. The average molecular weight is 208 g/mol. The Morgan fingerprint density at radius 1 is 1.36 bits per heavy atom. The molecule has 0 amide bonds. The maximum atomic E-state index is 11.9. The molecule has 2 rings (SSSR count). The fourth-order valence-corrected chi connectivity index (χ4v) is 1.87. The molecule has 1 aromatic carbocycles. The maximum Gasteiger partial charge on any atom is 0.259 e. The van der Waals surface area contributed by atoms with Crippen LogP contribution in [0.5, 0.6) is 0 Å². The SMILES string of the molecule is CCn1c(Cl)cc2ccccc2c1=O. The van der Waals surface area contributed by atoms with E-state index in [9.17, 15) is 4.79 Å². The highest BCUT2D eigenvalue weighted by Gasteiger charge is 2.04. The van der Waals surface area contributed by atoms with Crippen molar-refractivity contribution in [3.63, 3.8) is 0 Å². The highest BCUT2D eigenvalue weighted by molar-refractivity contribution is 6.30. The molecule has 0 saturated heterocycles. The van der Waals surface area contributed by atoms with E-state index in [1.165, 1.54) is 0 Å². The summed E-state index contributed by atoms with van der Waals surface area (Å²) in [6.45, 7) is 2.50. The fraction of sp³-hybridized carbons (Fsp3) is 0.182. The summed E-state index contributed by atoms with van der Waals surface area (Å²) < 4.78 is 1.56. The first-order chi connectivity index (χ1) is 6.74. The van der Waals surface area contributed by atoms with Crippen LogP contribution in [0.1, 0.15) is 6.92 Å². The van der Waals surface area contributed by atoms with Gasteiger partial charge in [-0.25, -0.2) is 0 Å². The summed E-state index contributed by atoms with van der Waals surface area (Å²) in [5.41, 5.74) is -0.0180. The second-order valence-electron chi connectivity index (χ2n) is 3.10. The lowest BCUT2D eigenvalue weighted by atomic mass is 10.2. The third kappa shape index (κ3) is 1.32. The second kappa shape index (κ2) is 3.46. The topological polar surface area (TPSA) is 22.0 Å². The Hall–Kier alpha value is -1.28. The number of rotatable bonds is 1. The Balaban J connectivity index is 2.93. The Morgan fingerprint density at radius 2 is 2.07 bits per heavy atom. The minimum Gasteiger partial charge on any atom is -0.299 e. The van der Waals surface area contributed by atoms with Crippen LogP contribution in [0.15, 0.2) is 35.1 Å². The molecular weight excluding hydrogens is 198 g/mol. The van der Waals surface area contributed by atoms with E-state index < -0.39 is 0 Å². The first-order valence-corrected chi connectivity index (χ1v) is 4.90. The van der Waals surface area contributed by atoms with Crippen LogP contribution in [-0.2, 0) is 6.54 Å². The van der Waals surface area contributed by atoms with Gasteiger partial charge >= 0.3 is 0 Å². The van der Waals surface area contributed by atoms with Crippen LogP contribution in [0.25, 0.3) is 10.8 Å². The number of nitrogens with zero attached hydrogens (tertiary/aromatic N) is 1. The summed E-state index contributed by atoms with van der Waals surface area (Å²) in [6.07, 6.45) is 0. The maximum absolute atomic E-state index is 11.9. The molecule has 1 aromatic heterocycles. The number of hydrogen-bond donors (Lipinski definition) is 0. The van der Waals surface area contributed by atoms with Gasteiger partial charge in [-0.2, -0.15) is 0 Å². The van der Waals surface area contributed by atoms with Gasteiger partial charge in [0.1, 0.15) is 5.15 Å². The normalized spacial score (nSPS) is 10.7. The van der Waals surface area contributed by atoms with Gasteiger partial charge < -0.3 is 0 Å². The molecular formula is C11H10ClNO. The molecule has 0 fully saturated rings. The summed E-state index contributed by atoms with van der Waals surface area (Å²) in [7, 11) is 0.